The first kappa shape index (κ1) is 14.6. The molecular formula is C16H15NO4. The second-order valence-corrected chi connectivity index (χ2v) is 4.16. The standard InChI is InChI=1S/C16H15NO4/c1-20-14-7-4-5-12(8-9-15(18)19)16(14)21-11-13-6-2-3-10-17-13/h2-10H,11H2,1H3,(H,18,19)/b9-8+. The summed E-state index contributed by atoms with van der Waals surface area (Å²) in [5.41, 5.74) is 1.41. The van der Waals surface area contributed by atoms with Crippen molar-refractivity contribution in [3.05, 3.63) is 59.9 Å². The van der Waals surface area contributed by atoms with Crippen LogP contribution in [0.2, 0.25) is 0 Å². The molecule has 21 heavy (non-hydrogen) atoms. The van der Waals surface area contributed by atoms with E-state index in [-0.39, 0.29) is 6.61 Å². The van der Waals surface area contributed by atoms with E-state index in [1.807, 2.05) is 18.2 Å². The van der Waals surface area contributed by atoms with E-state index in [4.69, 9.17) is 14.6 Å². The maximum absolute atomic E-state index is 10.6. The number of aromatic nitrogens is 1. The van der Waals surface area contributed by atoms with Gasteiger partial charge in [0.05, 0.1) is 12.8 Å². The molecule has 0 saturated carbocycles. The largest absolute Gasteiger partial charge is 0.493 e. The number of carboxylic acid groups (broad SMARTS) is 1. The van der Waals surface area contributed by atoms with Crippen LogP contribution in [0.4, 0.5) is 0 Å². The molecule has 1 aromatic carbocycles. The summed E-state index contributed by atoms with van der Waals surface area (Å²) in [6.45, 7) is 0.273. The van der Waals surface area contributed by atoms with Crippen LogP contribution in [0, 0.1) is 0 Å². The number of methoxy groups -OCH3 is 1. The Bertz CT molecular complexity index is 638. The summed E-state index contributed by atoms with van der Waals surface area (Å²) in [6.07, 6.45) is 4.22. The van der Waals surface area contributed by atoms with E-state index in [0.29, 0.717) is 17.1 Å². The van der Waals surface area contributed by atoms with Gasteiger partial charge in [-0.05, 0) is 24.3 Å². The highest BCUT2D eigenvalue weighted by Gasteiger charge is 2.09. The van der Waals surface area contributed by atoms with Crippen molar-refractivity contribution in [1.82, 2.24) is 4.98 Å². The first-order valence-electron chi connectivity index (χ1n) is 6.31. The lowest BCUT2D eigenvalue weighted by molar-refractivity contribution is -0.131. The summed E-state index contributed by atoms with van der Waals surface area (Å²) >= 11 is 0. The van der Waals surface area contributed by atoms with Gasteiger partial charge in [0.2, 0.25) is 0 Å². The number of para-hydroxylation sites is 1. The lowest BCUT2D eigenvalue weighted by Gasteiger charge is -2.13. The molecule has 0 aliphatic carbocycles. The quantitative estimate of drug-likeness (QED) is 0.826. The summed E-state index contributed by atoms with van der Waals surface area (Å²) < 4.78 is 11.0. The molecule has 1 aromatic heterocycles. The highest BCUT2D eigenvalue weighted by molar-refractivity contribution is 5.86. The van der Waals surface area contributed by atoms with Crippen LogP contribution in [0.1, 0.15) is 11.3 Å². The number of pyridine rings is 1. The Hall–Kier alpha value is -2.82. The van der Waals surface area contributed by atoms with Crippen molar-refractivity contribution in [1.29, 1.82) is 0 Å². The summed E-state index contributed by atoms with van der Waals surface area (Å²) in [5.74, 6) is 0.00937. The number of nitrogens with zero attached hydrogens (tertiary/aromatic N) is 1. The summed E-state index contributed by atoms with van der Waals surface area (Å²) in [4.78, 5) is 14.8. The maximum Gasteiger partial charge on any atom is 0.328 e. The van der Waals surface area contributed by atoms with Gasteiger partial charge in [0.15, 0.2) is 11.5 Å². The lowest BCUT2D eigenvalue weighted by atomic mass is 10.1. The molecular weight excluding hydrogens is 270 g/mol. The molecule has 1 heterocycles. The Morgan fingerprint density at radius 1 is 1.29 bits per heavy atom. The fourth-order valence-electron chi connectivity index (χ4n) is 1.77. The second kappa shape index (κ2) is 7.09. The molecule has 2 aromatic rings. The summed E-state index contributed by atoms with van der Waals surface area (Å²) in [5, 5.41) is 8.73. The third kappa shape index (κ3) is 4.07. The van der Waals surface area contributed by atoms with E-state index >= 15 is 0 Å². The Morgan fingerprint density at radius 3 is 2.81 bits per heavy atom. The molecule has 0 aliphatic rings. The van der Waals surface area contributed by atoms with Gasteiger partial charge in [-0.25, -0.2) is 4.79 Å². The first-order valence-corrected chi connectivity index (χ1v) is 6.31. The number of benzene rings is 1. The van der Waals surface area contributed by atoms with E-state index in [2.05, 4.69) is 4.98 Å². The Labute approximate surface area is 122 Å². The van der Waals surface area contributed by atoms with Gasteiger partial charge in [-0.1, -0.05) is 18.2 Å². The van der Waals surface area contributed by atoms with Gasteiger partial charge >= 0.3 is 5.97 Å². The van der Waals surface area contributed by atoms with E-state index in [1.54, 1.807) is 24.4 Å². The predicted molar refractivity (Wildman–Crippen MR) is 78.2 cm³/mol. The van der Waals surface area contributed by atoms with Crippen LogP contribution in [0.3, 0.4) is 0 Å². The van der Waals surface area contributed by atoms with Crippen molar-refractivity contribution in [2.45, 2.75) is 6.61 Å². The van der Waals surface area contributed by atoms with Crippen LogP contribution in [0.15, 0.2) is 48.7 Å². The third-order valence-corrected chi connectivity index (χ3v) is 2.73. The smallest absolute Gasteiger partial charge is 0.328 e. The normalized spacial score (nSPS) is 10.5. The van der Waals surface area contributed by atoms with Gasteiger partial charge in [0.25, 0.3) is 0 Å². The number of rotatable bonds is 6. The Kier molecular flexibility index (Phi) is 4.93. The maximum atomic E-state index is 10.6. The molecule has 0 atom stereocenters. The van der Waals surface area contributed by atoms with Gasteiger partial charge < -0.3 is 14.6 Å². The minimum absolute atomic E-state index is 0.273. The number of aliphatic carboxylic acids is 1. The molecule has 0 saturated heterocycles. The number of hydrogen-bond acceptors (Lipinski definition) is 4. The highest BCUT2D eigenvalue weighted by atomic mass is 16.5. The fraction of sp³-hybridized carbons (Fsp3) is 0.125. The topological polar surface area (TPSA) is 68.7 Å². The number of hydrogen-bond donors (Lipinski definition) is 1. The van der Waals surface area contributed by atoms with Crippen LogP contribution < -0.4 is 9.47 Å². The van der Waals surface area contributed by atoms with Gasteiger partial charge in [-0.2, -0.15) is 0 Å². The number of carbonyl (C=O) groups is 1. The van der Waals surface area contributed by atoms with Crippen LogP contribution >= 0.6 is 0 Å². The molecule has 108 valence electrons. The van der Waals surface area contributed by atoms with E-state index in [1.165, 1.54) is 13.2 Å². The zero-order valence-electron chi connectivity index (χ0n) is 11.5. The van der Waals surface area contributed by atoms with E-state index in [9.17, 15) is 4.79 Å². The molecule has 0 radical (unpaired) electrons. The first-order chi connectivity index (χ1) is 10.2. The summed E-state index contributed by atoms with van der Waals surface area (Å²) in [6, 6.07) is 10.8. The number of carboxylic acids is 1. The van der Waals surface area contributed by atoms with Crippen molar-refractivity contribution in [2.75, 3.05) is 7.11 Å². The Balaban J connectivity index is 2.25. The SMILES string of the molecule is COc1cccc(/C=C/C(=O)O)c1OCc1ccccn1. The molecule has 5 nitrogen and oxygen atoms in total. The van der Waals surface area contributed by atoms with Crippen molar-refractivity contribution >= 4 is 12.0 Å². The molecule has 0 aliphatic heterocycles. The van der Waals surface area contributed by atoms with Crippen molar-refractivity contribution in [3.63, 3.8) is 0 Å². The summed E-state index contributed by atoms with van der Waals surface area (Å²) in [7, 11) is 1.54. The predicted octanol–water partition coefficient (Wildman–Crippen LogP) is 2.77. The van der Waals surface area contributed by atoms with Crippen molar-refractivity contribution < 1.29 is 19.4 Å². The van der Waals surface area contributed by atoms with Crippen LogP contribution in [0.5, 0.6) is 11.5 Å². The number of ether oxygens (including phenoxy) is 2. The minimum atomic E-state index is -1.02. The van der Waals surface area contributed by atoms with Crippen LogP contribution in [-0.4, -0.2) is 23.2 Å². The van der Waals surface area contributed by atoms with Crippen molar-refractivity contribution in [3.8, 4) is 11.5 Å². The molecule has 0 spiro atoms. The van der Waals surface area contributed by atoms with Gasteiger partial charge in [0.1, 0.15) is 6.61 Å². The minimum Gasteiger partial charge on any atom is -0.493 e. The second-order valence-electron chi connectivity index (χ2n) is 4.16. The average Bonchev–Trinajstić information content (AvgIpc) is 2.52. The monoisotopic (exact) mass is 285 g/mol. The van der Waals surface area contributed by atoms with Crippen molar-refractivity contribution in [2.24, 2.45) is 0 Å². The van der Waals surface area contributed by atoms with Gasteiger partial charge in [-0.15, -0.1) is 0 Å². The third-order valence-electron chi connectivity index (χ3n) is 2.73. The van der Waals surface area contributed by atoms with Gasteiger partial charge in [0, 0.05) is 17.8 Å². The van der Waals surface area contributed by atoms with Crippen LogP contribution in [0.25, 0.3) is 6.08 Å². The van der Waals surface area contributed by atoms with E-state index < -0.39 is 5.97 Å². The molecule has 1 N–H and O–H groups in total. The fourth-order valence-corrected chi connectivity index (χ4v) is 1.77. The zero-order chi connectivity index (χ0) is 15.1. The highest BCUT2D eigenvalue weighted by Crippen LogP contribution is 2.32. The zero-order valence-corrected chi connectivity index (χ0v) is 11.5. The molecule has 5 heteroatoms. The molecule has 0 bridgehead atoms. The Morgan fingerprint density at radius 2 is 2.14 bits per heavy atom. The molecule has 0 fully saturated rings. The van der Waals surface area contributed by atoms with Crippen LogP contribution in [-0.2, 0) is 11.4 Å². The molecule has 2 rings (SSSR count). The lowest BCUT2D eigenvalue weighted by Crippen LogP contribution is -2.01. The average molecular weight is 285 g/mol. The van der Waals surface area contributed by atoms with Gasteiger partial charge in [-0.3, -0.25) is 4.98 Å². The van der Waals surface area contributed by atoms with E-state index in [0.717, 1.165) is 11.8 Å². The molecule has 0 unspecified atom stereocenters. The molecule has 0 amide bonds.